The van der Waals surface area contributed by atoms with Crippen molar-refractivity contribution < 1.29 is 0 Å². The smallest absolute Gasteiger partial charge is 0.0718 e. The SMILES string of the molecule is C#CCCCN=C(c1ccccc1)c1ccccc1. The molecule has 0 saturated heterocycles. The average molecular weight is 247 g/mol. The van der Waals surface area contributed by atoms with Crippen molar-refractivity contribution in [3.05, 3.63) is 71.8 Å². The molecule has 0 saturated carbocycles. The predicted octanol–water partition coefficient (Wildman–Crippen LogP) is 3.94. The highest BCUT2D eigenvalue weighted by molar-refractivity contribution is 6.12. The fourth-order valence-corrected chi connectivity index (χ4v) is 1.91. The van der Waals surface area contributed by atoms with E-state index in [1.807, 2.05) is 36.4 Å². The normalized spacial score (nSPS) is 9.63. The number of hydrogen-bond acceptors (Lipinski definition) is 1. The molecule has 0 unspecified atom stereocenters. The molecule has 2 aromatic carbocycles. The summed E-state index contributed by atoms with van der Waals surface area (Å²) in [6.45, 7) is 0.767. The monoisotopic (exact) mass is 247 g/mol. The van der Waals surface area contributed by atoms with Crippen molar-refractivity contribution in [2.24, 2.45) is 4.99 Å². The van der Waals surface area contributed by atoms with Crippen molar-refractivity contribution in [3.8, 4) is 12.3 Å². The van der Waals surface area contributed by atoms with Gasteiger partial charge in [-0.2, -0.15) is 0 Å². The highest BCUT2D eigenvalue weighted by Gasteiger charge is 2.05. The molecule has 0 heterocycles. The highest BCUT2D eigenvalue weighted by atomic mass is 14.7. The molecule has 94 valence electrons. The van der Waals surface area contributed by atoms with Crippen LogP contribution in [0.5, 0.6) is 0 Å². The standard InChI is InChI=1S/C18H17N/c1-2-3-10-15-19-18(16-11-6-4-7-12-16)17-13-8-5-9-14-17/h1,4-9,11-14H,3,10,15H2. The maximum absolute atomic E-state index is 5.27. The number of aliphatic imine (C=N–C) groups is 1. The molecule has 0 aliphatic heterocycles. The number of benzene rings is 2. The molecule has 1 nitrogen and oxygen atoms in total. The first-order valence-corrected chi connectivity index (χ1v) is 6.50. The molecule has 0 aliphatic rings. The minimum Gasteiger partial charge on any atom is -0.284 e. The number of hydrogen-bond donors (Lipinski definition) is 0. The molecule has 0 spiro atoms. The van der Waals surface area contributed by atoms with Gasteiger partial charge in [0.05, 0.1) is 5.71 Å². The molecule has 0 amide bonds. The second-order valence-electron chi connectivity index (χ2n) is 4.27. The third kappa shape index (κ3) is 3.82. The molecule has 1 heteroatoms. The molecular weight excluding hydrogens is 230 g/mol. The van der Waals surface area contributed by atoms with Crippen molar-refractivity contribution in [1.29, 1.82) is 0 Å². The van der Waals surface area contributed by atoms with E-state index < -0.39 is 0 Å². The molecule has 0 atom stereocenters. The fourth-order valence-electron chi connectivity index (χ4n) is 1.91. The van der Waals surface area contributed by atoms with E-state index in [2.05, 4.69) is 30.2 Å². The van der Waals surface area contributed by atoms with Crippen molar-refractivity contribution in [1.82, 2.24) is 0 Å². The lowest BCUT2D eigenvalue weighted by molar-refractivity contribution is 0.871. The van der Waals surface area contributed by atoms with Crippen molar-refractivity contribution >= 4 is 5.71 Å². The summed E-state index contributed by atoms with van der Waals surface area (Å²) in [5.74, 6) is 2.65. The molecule has 0 bridgehead atoms. The van der Waals surface area contributed by atoms with E-state index in [1.165, 1.54) is 0 Å². The van der Waals surface area contributed by atoms with E-state index in [0.717, 1.165) is 36.2 Å². The van der Waals surface area contributed by atoms with Gasteiger partial charge in [0.15, 0.2) is 0 Å². The summed E-state index contributed by atoms with van der Waals surface area (Å²) in [6.07, 6.45) is 6.98. The van der Waals surface area contributed by atoms with Gasteiger partial charge in [0.2, 0.25) is 0 Å². The van der Waals surface area contributed by atoms with Gasteiger partial charge in [-0.1, -0.05) is 60.7 Å². The molecule has 2 aromatic rings. The Hall–Kier alpha value is -2.33. The van der Waals surface area contributed by atoms with Crippen LogP contribution in [0.25, 0.3) is 0 Å². The Balaban J connectivity index is 2.27. The largest absolute Gasteiger partial charge is 0.284 e. The van der Waals surface area contributed by atoms with Gasteiger partial charge in [-0.05, 0) is 6.42 Å². The Morgan fingerprint density at radius 1 is 0.895 bits per heavy atom. The summed E-state index contributed by atoms with van der Waals surface area (Å²) in [7, 11) is 0. The Morgan fingerprint density at radius 3 is 1.89 bits per heavy atom. The zero-order valence-electron chi connectivity index (χ0n) is 10.9. The summed E-state index contributed by atoms with van der Waals surface area (Å²) in [5, 5.41) is 0. The zero-order valence-corrected chi connectivity index (χ0v) is 10.9. The zero-order chi connectivity index (χ0) is 13.3. The minimum atomic E-state index is 0.767. The molecule has 0 N–H and O–H groups in total. The summed E-state index contributed by atoms with van der Waals surface area (Å²) in [5.41, 5.74) is 3.34. The Kier molecular flexibility index (Phi) is 4.96. The maximum atomic E-state index is 5.27. The van der Waals surface area contributed by atoms with Gasteiger partial charge in [0.25, 0.3) is 0 Å². The van der Waals surface area contributed by atoms with Crippen LogP contribution in [0.15, 0.2) is 65.7 Å². The van der Waals surface area contributed by atoms with Crippen molar-refractivity contribution in [2.75, 3.05) is 6.54 Å². The number of nitrogens with zero attached hydrogens (tertiary/aromatic N) is 1. The molecule has 0 aliphatic carbocycles. The number of unbranched alkanes of at least 4 members (excludes halogenated alkanes) is 1. The molecule has 0 fully saturated rings. The molecular formula is C18H17N. The third-order valence-electron chi connectivity index (χ3n) is 2.84. The topological polar surface area (TPSA) is 12.4 Å². The first-order chi connectivity index (χ1) is 9.42. The van der Waals surface area contributed by atoms with Crippen LogP contribution in [0.2, 0.25) is 0 Å². The Labute approximate surface area is 115 Å². The summed E-state index contributed by atoms with van der Waals surface area (Å²) < 4.78 is 0. The first kappa shape index (κ1) is 13.1. The summed E-state index contributed by atoms with van der Waals surface area (Å²) in [6, 6.07) is 20.5. The lowest BCUT2D eigenvalue weighted by Gasteiger charge is -2.07. The van der Waals surface area contributed by atoms with E-state index in [1.54, 1.807) is 0 Å². The quantitative estimate of drug-likeness (QED) is 0.431. The molecule has 0 aromatic heterocycles. The van der Waals surface area contributed by atoms with Crippen LogP contribution in [0.4, 0.5) is 0 Å². The van der Waals surface area contributed by atoms with Gasteiger partial charge in [-0.15, -0.1) is 12.3 Å². The summed E-state index contributed by atoms with van der Waals surface area (Å²) >= 11 is 0. The van der Waals surface area contributed by atoms with E-state index in [9.17, 15) is 0 Å². The second-order valence-corrected chi connectivity index (χ2v) is 4.27. The lowest BCUT2D eigenvalue weighted by Crippen LogP contribution is -2.04. The number of rotatable bonds is 5. The van der Waals surface area contributed by atoms with Gasteiger partial charge < -0.3 is 0 Å². The van der Waals surface area contributed by atoms with Crippen LogP contribution in [0.3, 0.4) is 0 Å². The molecule has 19 heavy (non-hydrogen) atoms. The van der Waals surface area contributed by atoms with E-state index >= 15 is 0 Å². The van der Waals surface area contributed by atoms with Crippen LogP contribution in [-0.4, -0.2) is 12.3 Å². The molecule has 0 radical (unpaired) electrons. The van der Waals surface area contributed by atoms with Crippen LogP contribution in [0, 0.1) is 12.3 Å². The summed E-state index contributed by atoms with van der Waals surface area (Å²) in [4.78, 5) is 4.72. The predicted molar refractivity (Wildman–Crippen MR) is 81.5 cm³/mol. The van der Waals surface area contributed by atoms with Gasteiger partial charge >= 0.3 is 0 Å². The Bertz CT molecular complexity index is 520. The van der Waals surface area contributed by atoms with Crippen LogP contribution >= 0.6 is 0 Å². The molecule has 2 rings (SSSR count). The first-order valence-electron chi connectivity index (χ1n) is 6.50. The van der Waals surface area contributed by atoms with Crippen LogP contribution in [0.1, 0.15) is 24.0 Å². The van der Waals surface area contributed by atoms with Crippen molar-refractivity contribution in [3.63, 3.8) is 0 Å². The third-order valence-corrected chi connectivity index (χ3v) is 2.84. The Morgan fingerprint density at radius 2 is 1.42 bits per heavy atom. The van der Waals surface area contributed by atoms with E-state index in [-0.39, 0.29) is 0 Å². The van der Waals surface area contributed by atoms with Crippen LogP contribution in [-0.2, 0) is 0 Å². The minimum absolute atomic E-state index is 0.767. The fraction of sp³-hybridized carbons (Fsp3) is 0.167. The van der Waals surface area contributed by atoms with Gasteiger partial charge in [0, 0.05) is 24.1 Å². The lowest BCUT2D eigenvalue weighted by atomic mass is 10.0. The highest BCUT2D eigenvalue weighted by Crippen LogP contribution is 2.11. The van der Waals surface area contributed by atoms with Crippen LogP contribution < -0.4 is 0 Å². The second kappa shape index (κ2) is 7.18. The van der Waals surface area contributed by atoms with Gasteiger partial charge in [0.1, 0.15) is 0 Å². The van der Waals surface area contributed by atoms with E-state index in [4.69, 9.17) is 11.4 Å². The maximum Gasteiger partial charge on any atom is 0.0718 e. The van der Waals surface area contributed by atoms with E-state index in [0.29, 0.717) is 0 Å². The number of terminal acetylenes is 1. The van der Waals surface area contributed by atoms with Crippen molar-refractivity contribution in [2.45, 2.75) is 12.8 Å². The van der Waals surface area contributed by atoms with Gasteiger partial charge in [-0.3, -0.25) is 4.99 Å². The average Bonchev–Trinajstić information content (AvgIpc) is 2.49. The van der Waals surface area contributed by atoms with Gasteiger partial charge in [-0.25, -0.2) is 0 Å².